The van der Waals surface area contributed by atoms with Gasteiger partial charge in [-0.3, -0.25) is 9.59 Å². The maximum Gasteiger partial charge on any atom is 0.310 e. The third-order valence-electron chi connectivity index (χ3n) is 3.02. The van der Waals surface area contributed by atoms with Crippen LogP contribution in [0.2, 0.25) is 0 Å². The number of amides is 1. The van der Waals surface area contributed by atoms with Crippen molar-refractivity contribution in [2.45, 2.75) is 6.92 Å². The average molecular weight is 297 g/mol. The highest BCUT2D eigenvalue weighted by atomic mass is 19.1. The van der Waals surface area contributed by atoms with Gasteiger partial charge in [-0.2, -0.15) is 0 Å². The molecule has 0 aliphatic carbocycles. The molecule has 0 bridgehead atoms. The van der Waals surface area contributed by atoms with E-state index in [0.29, 0.717) is 13.2 Å². The van der Waals surface area contributed by atoms with Gasteiger partial charge in [-0.1, -0.05) is 13.0 Å². The van der Waals surface area contributed by atoms with E-state index in [1.807, 2.05) is 0 Å². The highest BCUT2D eigenvalue weighted by Crippen LogP contribution is 2.10. The molecule has 1 atom stereocenters. The molecule has 1 aromatic rings. The number of hydrogen-bond acceptors (Lipinski definition) is 4. The van der Waals surface area contributed by atoms with Crippen molar-refractivity contribution in [2.75, 3.05) is 33.9 Å². The van der Waals surface area contributed by atoms with Crippen LogP contribution in [-0.4, -0.2) is 50.7 Å². The molecule has 0 spiro atoms. The molecule has 21 heavy (non-hydrogen) atoms. The zero-order valence-corrected chi connectivity index (χ0v) is 12.5. The molecule has 0 saturated carbocycles. The van der Waals surface area contributed by atoms with Crippen molar-refractivity contribution in [3.8, 4) is 0 Å². The monoisotopic (exact) mass is 297 g/mol. The minimum atomic E-state index is -0.478. The fraction of sp³-hybridized carbons (Fsp3) is 0.467. The summed E-state index contributed by atoms with van der Waals surface area (Å²) >= 11 is 0. The summed E-state index contributed by atoms with van der Waals surface area (Å²) in [5.41, 5.74) is 0.239. The quantitative estimate of drug-likeness (QED) is 0.719. The number of ether oxygens (including phenoxy) is 2. The molecule has 0 heterocycles. The van der Waals surface area contributed by atoms with Gasteiger partial charge in [-0.25, -0.2) is 4.39 Å². The van der Waals surface area contributed by atoms with Gasteiger partial charge in [-0.15, -0.1) is 0 Å². The number of halogens is 1. The Morgan fingerprint density at radius 3 is 2.62 bits per heavy atom. The Morgan fingerprint density at radius 1 is 1.33 bits per heavy atom. The van der Waals surface area contributed by atoms with Crippen molar-refractivity contribution in [1.29, 1.82) is 0 Å². The lowest BCUT2D eigenvalue weighted by Crippen LogP contribution is -2.39. The van der Waals surface area contributed by atoms with Gasteiger partial charge in [-0.05, 0) is 18.2 Å². The molecule has 1 amide bonds. The van der Waals surface area contributed by atoms with Gasteiger partial charge >= 0.3 is 5.97 Å². The van der Waals surface area contributed by atoms with E-state index in [1.54, 1.807) is 6.92 Å². The first-order chi connectivity index (χ1) is 9.99. The van der Waals surface area contributed by atoms with Gasteiger partial charge < -0.3 is 14.4 Å². The molecular formula is C15H20FNO4. The molecule has 0 radical (unpaired) electrons. The molecule has 0 aromatic heterocycles. The number of nitrogens with zero attached hydrogens (tertiary/aromatic N) is 1. The summed E-state index contributed by atoms with van der Waals surface area (Å²) in [5, 5.41) is 0. The summed E-state index contributed by atoms with van der Waals surface area (Å²) in [4.78, 5) is 25.3. The number of esters is 1. The van der Waals surface area contributed by atoms with Crippen LogP contribution in [0.5, 0.6) is 0 Å². The molecule has 1 unspecified atom stereocenters. The lowest BCUT2D eigenvalue weighted by atomic mass is 10.1. The zero-order chi connectivity index (χ0) is 15.8. The number of carbonyl (C=O) groups excluding carboxylic acids is 2. The van der Waals surface area contributed by atoms with Gasteiger partial charge in [0.2, 0.25) is 0 Å². The van der Waals surface area contributed by atoms with Crippen LogP contribution in [0.4, 0.5) is 4.39 Å². The predicted molar refractivity (Wildman–Crippen MR) is 75.4 cm³/mol. The van der Waals surface area contributed by atoms with Gasteiger partial charge in [0, 0.05) is 25.8 Å². The molecule has 1 aromatic carbocycles. The summed E-state index contributed by atoms with van der Waals surface area (Å²) in [7, 11) is 2.82. The Kier molecular flexibility index (Phi) is 6.81. The summed E-state index contributed by atoms with van der Waals surface area (Å²) < 4.78 is 22.8. The van der Waals surface area contributed by atoms with E-state index in [1.165, 1.54) is 43.4 Å². The van der Waals surface area contributed by atoms with Crippen LogP contribution < -0.4 is 0 Å². The molecule has 0 N–H and O–H groups in total. The van der Waals surface area contributed by atoms with E-state index >= 15 is 0 Å². The number of benzene rings is 1. The van der Waals surface area contributed by atoms with Gasteiger partial charge in [0.05, 0.1) is 19.6 Å². The number of carbonyl (C=O) groups is 2. The van der Waals surface area contributed by atoms with Crippen LogP contribution in [0.15, 0.2) is 24.3 Å². The van der Waals surface area contributed by atoms with E-state index in [9.17, 15) is 14.0 Å². The van der Waals surface area contributed by atoms with E-state index in [0.717, 1.165) is 0 Å². The molecular weight excluding hydrogens is 277 g/mol. The normalized spacial score (nSPS) is 11.8. The third-order valence-corrected chi connectivity index (χ3v) is 3.02. The lowest BCUT2D eigenvalue weighted by Gasteiger charge is -2.25. The molecule has 5 nitrogen and oxygen atoms in total. The van der Waals surface area contributed by atoms with Crippen LogP contribution >= 0.6 is 0 Å². The minimum Gasteiger partial charge on any atom is -0.469 e. The minimum absolute atomic E-state index is 0.186. The fourth-order valence-electron chi connectivity index (χ4n) is 1.89. The largest absolute Gasteiger partial charge is 0.469 e. The molecule has 0 aliphatic rings. The second-order valence-corrected chi connectivity index (χ2v) is 4.68. The Balaban J connectivity index is 2.85. The summed E-state index contributed by atoms with van der Waals surface area (Å²) in [5.74, 6) is -1.69. The van der Waals surface area contributed by atoms with Gasteiger partial charge in [0.15, 0.2) is 0 Å². The fourth-order valence-corrected chi connectivity index (χ4v) is 1.89. The SMILES string of the molecule is COCCN(CC(C)C(=O)OC)C(=O)c1cccc(F)c1. The van der Waals surface area contributed by atoms with Crippen molar-refractivity contribution in [2.24, 2.45) is 5.92 Å². The predicted octanol–water partition coefficient (Wildman–Crippen LogP) is 1.72. The van der Waals surface area contributed by atoms with Crippen molar-refractivity contribution >= 4 is 11.9 Å². The Hall–Kier alpha value is -1.95. The van der Waals surface area contributed by atoms with Crippen molar-refractivity contribution in [3.63, 3.8) is 0 Å². The first-order valence-corrected chi connectivity index (χ1v) is 6.61. The summed E-state index contributed by atoms with van der Waals surface area (Å²) in [6, 6.07) is 5.45. The van der Waals surface area contributed by atoms with E-state index in [-0.39, 0.29) is 18.0 Å². The maximum absolute atomic E-state index is 13.2. The van der Waals surface area contributed by atoms with Crippen LogP contribution in [0, 0.1) is 11.7 Å². The third kappa shape index (κ3) is 5.15. The van der Waals surface area contributed by atoms with Crippen molar-refractivity contribution < 1.29 is 23.5 Å². The highest BCUT2D eigenvalue weighted by Gasteiger charge is 2.22. The van der Waals surface area contributed by atoms with Crippen molar-refractivity contribution in [1.82, 2.24) is 4.90 Å². The lowest BCUT2D eigenvalue weighted by molar-refractivity contribution is -0.145. The zero-order valence-electron chi connectivity index (χ0n) is 12.5. The van der Waals surface area contributed by atoms with Crippen LogP contribution in [0.25, 0.3) is 0 Å². The average Bonchev–Trinajstić information content (AvgIpc) is 2.49. The topological polar surface area (TPSA) is 55.8 Å². The van der Waals surface area contributed by atoms with E-state index < -0.39 is 17.7 Å². The molecule has 0 saturated heterocycles. The van der Waals surface area contributed by atoms with Crippen LogP contribution in [0.1, 0.15) is 17.3 Å². The summed E-state index contributed by atoms with van der Waals surface area (Å²) in [6.45, 7) is 2.50. The number of hydrogen-bond donors (Lipinski definition) is 0. The highest BCUT2D eigenvalue weighted by molar-refractivity contribution is 5.94. The van der Waals surface area contributed by atoms with Crippen LogP contribution in [-0.2, 0) is 14.3 Å². The Bertz CT molecular complexity index is 492. The first-order valence-electron chi connectivity index (χ1n) is 6.61. The summed E-state index contributed by atoms with van der Waals surface area (Å²) in [6.07, 6.45) is 0. The Labute approximate surface area is 123 Å². The Morgan fingerprint density at radius 2 is 2.05 bits per heavy atom. The van der Waals surface area contributed by atoms with Crippen molar-refractivity contribution in [3.05, 3.63) is 35.6 Å². The molecule has 1 rings (SSSR count). The standard InChI is InChI=1S/C15H20FNO4/c1-11(15(19)21-3)10-17(7-8-20-2)14(18)12-5-4-6-13(16)9-12/h4-6,9,11H,7-8,10H2,1-3H3. The van der Waals surface area contributed by atoms with E-state index in [2.05, 4.69) is 4.74 Å². The van der Waals surface area contributed by atoms with Gasteiger partial charge in [0.1, 0.15) is 5.82 Å². The number of rotatable bonds is 7. The molecule has 0 fully saturated rings. The molecule has 116 valence electrons. The maximum atomic E-state index is 13.2. The molecule has 0 aliphatic heterocycles. The first kappa shape index (κ1) is 17.1. The second kappa shape index (κ2) is 8.36. The smallest absolute Gasteiger partial charge is 0.310 e. The number of methoxy groups -OCH3 is 2. The van der Waals surface area contributed by atoms with Crippen LogP contribution in [0.3, 0.4) is 0 Å². The van der Waals surface area contributed by atoms with E-state index in [4.69, 9.17) is 4.74 Å². The second-order valence-electron chi connectivity index (χ2n) is 4.68. The molecule has 6 heteroatoms. The van der Waals surface area contributed by atoms with Gasteiger partial charge in [0.25, 0.3) is 5.91 Å².